The molecule has 0 heterocycles. The molecule has 1 aliphatic carbocycles. The van der Waals surface area contributed by atoms with Crippen LogP contribution in [0.1, 0.15) is 50.5 Å². The molecular weight excluding hydrogens is 256 g/mol. The number of benzene rings is 2. The largest absolute Gasteiger partial charge is 0.393 e. The van der Waals surface area contributed by atoms with Gasteiger partial charge in [-0.15, -0.1) is 0 Å². The van der Waals surface area contributed by atoms with Gasteiger partial charge in [-0.2, -0.15) is 0 Å². The highest BCUT2D eigenvalue weighted by Crippen LogP contribution is 2.27. The Balaban J connectivity index is 1.61. The molecule has 21 heavy (non-hydrogen) atoms. The summed E-state index contributed by atoms with van der Waals surface area (Å²) in [5.41, 5.74) is 1.26. The van der Waals surface area contributed by atoms with Gasteiger partial charge in [0.25, 0.3) is 0 Å². The molecule has 0 bridgehead atoms. The maximum atomic E-state index is 10.4. The van der Waals surface area contributed by atoms with Gasteiger partial charge >= 0.3 is 0 Å². The van der Waals surface area contributed by atoms with E-state index in [4.69, 9.17) is 0 Å². The minimum atomic E-state index is -0.186. The number of fused-ring (bicyclic) bond motifs is 1. The highest BCUT2D eigenvalue weighted by atomic mass is 16.3. The summed E-state index contributed by atoms with van der Waals surface area (Å²) in [6, 6.07) is 15.0. The first kappa shape index (κ1) is 14.6. The molecule has 0 aliphatic heterocycles. The van der Waals surface area contributed by atoms with Crippen LogP contribution in [0, 0.1) is 5.92 Å². The number of rotatable bonds is 4. The minimum absolute atomic E-state index is 0.186. The van der Waals surface area contributed by atoms with Crippen molar-refractivity contribution in [2.75, 3.05) is 0 Å². The Labute approximate surface area is 128 Å². The summed E-state index contributed by atoms with van der Waals surface area (Å²) < 4.78 is 0. The normalized spacial score (nSPS) is 18.5. The third-order valence-corrected chi connectivity index (χ3v) is 4.87. The standard InChI is InChI=1S/C20H26O/c21-20(14-16-7-3-1-2-4-8-16)15-17-11-12-18-9-5-6-10-19(18)13-17/h5-6,9-13,16,20-21H,1-4,7-8,14-15H2. The number of aliphatic hydroxyl groups is 1. The quantitative estimate of drug-likeness (QED) is 0.773. The molecule has 1 nitrogen and oxygen atoms in total. The predicted molar refractivity (Wildman–Crippen MR) is 89.5 cm³/mol. The third kappa shape index (κ3) is 4.07. The zero-order valence-corrected chi connectivity index (χ0v) is 12.8. The van der Waals surface area contributed by atoms with Crippen molar-refractivity contribution in [3.05, 3.63) is 48.0 Å². The van der Waals surface area contributed by atoms with Gasteiger partial charge in [-0.3, -0.25) is 0 Å². The van der Waals surface area contributed by atoms with Gasteiger partial charge in [-0.1, -0.05) is 81.0 Å². The maximum absolute atomic E-state index is 10.4. The molecule has 112 valence electrons. The Hall–Kier alpha value is -1.34. The predicted octanol–water partition coefficient (Wildman–Crippen LogP) is 5.10. The number of aliphatic hydroxyl groups excluding tert-OH is 1. The summed E-state index contributed by atoms with van der Waals surface area (Å²) in [7, 11) is 0. The van der Waals surface area contributed by atoms with E-state index in [2.05, 4.69) is 42.5 Å². The molecule has 1 fully saturated rings. The molecule has 3 rings (SSSR count). The molecule has 1 aliphatic rings. The summed E-state index contributed by atoms with van der Waals surface area (Å²) >= 11 is 0. The van der Waals surface area contributed by atoms with E-state index in [1.54, 1.807) is 0 Å². The lowest BCUT2D eigenvalue weighted by Crippen LogP contribution is -2.16. The van der Waals surface area contributed by atoms with Gasteiger partial charge < -0.3 is 5.11 Å². The third-order valence-electron chi connectivity index (χ3n) is 4.87. The second-order valence-corrected chi connectivity index (χ2v) is 6.63. The fraction of sp³-hybridized carbons (Fsp3) is 0.500. The second kappa shape index (κ2) is 7.09. The van der Waals surface area contributed by atoms with E-state index < -0.39 is 0 Å². The molecule has 0 saturated heterocycles. The van der Waals surface area contributed by atoms with Gasteiger partial charge in [0.2, 0.25) is 0 Å². The molecule has 0 spiro atoms. The van der Waals surface area contributed by atoms with Crippen molar-refractivity contribution in [1.82, 2.24) is 0 Å². The van der Waals surface area contributed by atoms with Crippen LogP contribution in [-0.2, 0) is 6.42 Å². The SMILES string of the molecule is OC(Cc1ccc2ccccc2c1)CC1CCCCCC1. The van der Waals surface area contributed by atoms with Crippen LogP contribution in [0.15, 0.2) is 42.5 Å². The molecule has 0 radical (unpaired) electrons. The van der Waals surface area contributed by atoms with Crippen molar-refractivity contribution in [3.63, 3.8) is 0 Å². The number of hydrogen-bond donors (Lipinski definition) is 1. The fourth-order valence-corrected chi connectivity index (χ4v) is 3.71. The van der Waals surface area contributed by atoms with Crippen molar-refractivity contribution in [2.45, 2.75) is 57.5 Å². The maximum Gasteiger partial charge on any atom is 0.0583 e. The molecule has 1 unspecified atom stereocenters. The van der Waals surface area contributed by atoms with Crippen molar-refractivity contribution in [2.24, 2.45) is 5.92 Å². The van der Waals surface area contributed by atoms with E-state index >= 15 is 0 Å². The van der Waals surface area contributed by atoms with Crippen LogP contribution < -0.4 is 0 Å². The summed E-state index contributed by atoms with van der Waals surface area (Å²) in [4.78, 5) is 0. The molecule has 1 heteroatoms. The van der Waals surface area contributed by atoms with E-state index in [0.717, 1.165) is 18.8 Å². The fourth-order valence-electron chi connectivity index (χ4n) is 3.71. The van der Waals surface area contributed by atoms with E-state index in [9.17, 15) is 5.11 Å². The van der Waals surface area contributed by atoms with Crippen LogP contribution in [0.3, 0.4) is 0 Å². The van der Waals surface area contributed by atoms with Gasteiger partial charge in [0.05, 0.1) is 6.10 Å². The van der Waals surface area contributed by atoms with Crippen LogP contribution in [0.4, 0.5) is 0 Å². The van der Waals surface area contributed by atoms with Crippen molar-refractivity contribution < 1.29 is 5.11 Å². The van der Waals surface area contributed by atoms with Crippen molar-refractivity contribution >= 4 is 10.8 Å². The lowest BCUT2D eigenvalue weighted by molar-refractivity contribution is 0.137. The monoisotopic (exact) mass is 282 g/mol. The zero-order valence-electron chi connectivity index (χ0n) is 12.8. The van der Waals surface area contributed by atoms with E-state index in [-0.39, 0.29) is 6.10 Å². The van der Waals surface area contributed by atoms with Crippen LogP contribution in [-0.4, -0.2) is 11.2 Å². The molecule has 2 aromatic carbocycles. The van der Waals surface area contributed by atoms with Gasteiger partial charge in [-0.05, 0) is 35.1 Å². The molecule has 1 N–H and O–H groups in total. The molecule has 1 atom stereocenters. The smallest absolute Gasteiger partial charge is 0.0583 e. The van der Waals surface area contributed by atoms with Gasteiger partial charge in [0, 0.05) is 0 Å². The average Bonchev–Trinajstić information content (AvgIpc) is 2.75. The lowest BCUT2D eigenvalue weighted by atomic mass is 9.91. The summed E-state index contributed by atoms with van der Waals surface area (Å²) in [5.74, 6) is 0.739. The topological polar surface area (TPSA) is 20.2 Å². The molecule has 2 aromatic rings. The van der Waals surface area contributed by atoms with Crippen LogP contribution >= 0.6 is 0 Å². The molecule has 0 aromatic heterocycles. The highest BCUT2D eigenvalue weighted by molar-refractivity contribution is 5.82. The summed E-state index contributed by atoms with van der Waals surface area (Å²) in [6.07, 6.45) is 9.70. The van der Waals surface area contributed by atoms with Crippen LogP contribution in [0.25, 0.3) is 10.8 Å². The van der Waals surface area contributed by atoms with Gasteiger partial charge in [0.15, 0.2) is 0 Å². The molecule has 1 saturated carbocycles. The summed E-state index contributed by atoms with van der Waals surface area (Å²) in [6.45, 7) is 0. The first-order valence-electron chi connectivity index (χ1n) is 8.47. The van der Waals surface area contributed by atoms with E-state index in [0.29, 0.717) is 0 Å². The molecular formula is C20H26O. The van der Waals surface area contributed by atoms with E-state index in [1.807, 2.05) is 0 Å². The highest BCUT2D eigenvalue weighted by Gasteiger charge is 2.17. The Morgan fingerprint density at radius 3 is 2.38 bits per heavy atom. The van der Waals surface area contributed by atoms with E-state index in [1.165, 1.54) is 54.9 Å². The Kier molecular flexibility index (Phi) is 4.92. The first-order valence-corrected chi connectivity index (χ1v) is 8.47. The summed E-state index contributed by atoms with van der Waals surface area (Å²) in [5, 5.41) is 13.0. The first-order chi connectivity index (χ1) is 10.3. The minimum Gasteiger partial charge on any atom is -0.393 e. The van der Waals surface area contributed by atoms with Crippen molar-refractivity contribution in [3.8, 4) is 0 Å². The Morgan fingerprint density at radius 1 is 0.905 bits per heavy atom. The van der Waals surface area contributed by atoms with Gasteiger partial charge in [0.1, 0.15) is 0 Å². The van der Waals surface area contributed by atoms with Crippen LogP contribution in [0.5, 0.6) is 0 Å². The zero-order chi connectivity index (χ0) is 14.5. The average molecular weight is 282 g/mol. The van der Waals surface area contributed by atoms with Crippen molar-refractivity contribution in [1.29, 1.82) is 0 Å². The second-order valence-electron chi connectivity index (χ2n) is 6.63. The lowest BCUT2D eigenvalue weighted by Gasteiger charge is -2.18. The van der Waals surface area contributed by atoms with Gasteiger partial charge in [-0.25, -0.2) is 0 Å². The van der Waals surface area contributed by atoms with Crippen LogP contribution in [0.2, 0.25) is 0 Å². The molecule has 0 amide bonds. The Bertz CT molecular complexity index is 567. The Morgan fingerprint density at radius 2 is 1.62 bits per heavy atom. The number of hydrogen-bond acceptors (Lipinski definition) is 1.